The summed E-state index contributed by atoms with van der Waals surface area (Å²) in [7, 11) is -2.80. The summed E-state index contributed by atoms with van der Waals surface area (Å²) >= 11 is 1.43. The maximum Gasteiger partial charge on any atom is 0.150 e. The maximum absolute atomic E-state index is 11.2. The van der Waals surface area contributed by atoms with Gasteiger partial charge in [-0.1, -0.05) is 0 Å². The van der Waals surface area contributed by atoms with Gasteiger partial charge in [0.15, 0.2) is 0 Å². The molecule has 15 heavy (non-hydrogen) atoms. The standard InChI is InChI=1S/C9H13NO3S2/c11-5-9-10-8(6-14-9)7-1-3-15(12,13)4-2-7/h6-7,11H,1-5H2. The minimum atomic E-state index is -2.80. The van der Waals surface area contributed by atoms with Gasteiger partial charge in [-0.15, -0.1) is 11.3 Å². The van der Waals surface area contributed by atoms with Crippen LogP contribution in [0.25, 0.3) is 0 Å². The molecule has 0 radical (unpaired) electrons. The summed E-state index contributed by atoms with van der Waals surface area (Å²) in [6.07, 6.45) is 1.33. The van der Waals surface area contributed by atoms with E-state index in [4.69, 9.17) is 5.11 Å². The fourth-order valence-electron chi connectivity index (χ4n) is 1.77. The van der Waals surface area contributed by atoms with Crippen LogP contribution in [0.3, 0.4) is 0 Å². The molecule has 2 rings (SSSR count). The molecule has 0 aromatic carbocycles. The van der Waals surface area contributed by atoms with Crippen molar-refractivity contribution in [2.75, 3.05) is 11.5 Å². The second-order valence-electron chi connectivity index (χ2n) is 3.75. The zero-order valence-corrected chi connectivity index (χ0v) is 9.85. The van der Waals surface area contributed by atoms with Crippen molar-refractivity contribution in [1.82, 2.24) is 4.98 Å². The van der Waals surface area contributed by atoms with Crippen molar-refractivity contribution >= 4 is 21.2 Å². The van der Waals surface area contributed by atoms with Crippen molar-refractivity contribution in [3.8, 4) is 0 Å². The molecule has 1 aromatic rings. The third-order valence-electron chi connectivity index (χ3n) is 2.68. The van der Waals surface area contributed by atoms with E-state index >= 15 is 0 Å². The van der Waals surface area contributed by atoms with Gasteiger partial charge in [0, 0.05) is 11.3 Å². The first kappa shape index (κ1) is 11.0. The Hall–Kier alpha value is -0.460. The number of thiazole rings is 1. The average Bonchev–Trinajstić information content (AvgIpc) is 2.66. The van der Waals surface area contributed by atoms with Crippen LogP contribution in [-0.2, 0) is 16.4 Å². The van der Waals surface area contributed by atoms with Gasteiger partial charge in [0.05, 0.1) is 23.8 Å². The molecule has 1 fully saturated rings. The highest BCUT2D eigenvalue weighted by molar-refractivity contribution is 7.91. The van der Waals surface area contributed by atoms with Crippen LogP contribution in [0.2, 0.25) is 0 Å². The van der Waals surface area contributed by atoms with Gasteiger partial charge >= 0.3 is 0 Å². The summed E-state index contributed by atoms with van der Waals surface area (Å²) in [6, 6.07) is 0. The van der Waals surface area contributed by atoms with Crippen LogP contribution >= 0.6 is 11.3 Å². The second kappa shape index (κ2) is 4.19. The Bertz CT molecular complexity index is 424. The summed E-state index contributed by atoms with van der Waals surface area (Å²) in [5, 5.41) is 11.5. The van der Waals surface area contributed by atoms with Gasteiger partial charge in [0.2, 0.25) is 0 Å². The average molecular weight is 247 g/mol. The molecule has 1 N–H and O–H groups in total. The van der Waals surface area contributed by atoms with Gasteiger partial charge in [-0.05, 0) is 12.8 Å². The smallest absolute Gasteiger partial charge is 0.150 e. The molecule has 4 nitrogen and oxygen atoms in total. The lowest BCUT2D eigenvalue weighted by atomic mass is 10.0. The van der Waals surface area contributed by atoms with E-state index in [-0.39, 0.29) is 24.0 Å². The third kappa shape index (κ3) is 2.56. The lowest BCUT2D eigenvalue weighted by Gasteiger charge is -2.19. The van der Waals surface area contributed by atoms with Crippen molar-refractivity contribution in [1.29, 1.82) is 0 Å². The van der Waals surface area contributed by atoms with Crippen LogP contribution in [-0.4, -0.2) is 30.0 Å². The summed E-state index contributed by atoms with van der Waals surface area (Å²) in [5.74, 6) is 0.790. The van der Waals surface area contributed by atoms with Crippen molar-refractivity contribution in [2.45, 2.75) is 25.4 Å². The predicted octanol–water partition coefficient (Wildman–Crippen LogP) is 0.928. The molecule has 0 atom stereocenters. The van der Waals surface area contributed by atoms with Crippen molar-refractivity contribution in [3.63, 3.8) is 0 Å². The number of aliphatic hydroxyl groups is 1. The second-order valence-corrected chi connectivity index (χ2v) is 7.00. The quantitative estimate of drug-likeness (QED) is 0.844. The highest BCUT2D eigenvalue weighted by Gasteiger charge is 2.26. The minimum Gasteiger partial charge on any atom is -0.389 e. The summed E-state index contributed by atoms with van der Waals surface area (Å²) in [5.41, 5.74) is 0.943. The van der Waals surface area contributed by atoms with Gasteiger partial charge in [0.1, 0.15) is 14.8 Å². The van der Waals surface area contributed by atoms with E-state index in [1.54, 1.807) is 0 Å². The number of hydrogen-bond acceptors (Lipinski definition) is 5. The predicted molar refractivity (Wildman–Crippen MR) is 58.7 cm³/mol. The molecule has 1 aromatic heterocycles. The molecule has 0 aliphatic carbocycles. The Morgan fingerprint density at radius 2 is 2.13 bits per heavy atom. The highest BCUT2D eigenvalue weighted by atomic mass is 32.2. The van der Waals surface area contributed by atoms with Crippen molar-refractivity contribution < 1.29 is 13.5 Å². The molecule has 0 saturated carbocycles. The van der Waals surface area contributed by atoms with E-state index in [1.165, 1.54) is 11.3 Å². The molecule has 1 saturated heterocycles. The van der Waals surface area contributed by atoms with Gasteiger partial charge in [-0.2, -0.15) is 0 Å². The molecule has 1 aliphatic rings. The zero-order valence-electron chi connectivity index (χ0n) is 8.22. The van der Waals surface area contributed by atoms with Crippen LogP contribution in [0.5, 0.6) is 0 Å². The van der Waals surface area contributed by atoms with Crippen LogP contribution in [0.4, 0.5) is 0 Å². The molecule has 2 heterocycles. The molecule has 0 unspecified atom stereocenters. The third-order valence-corrected chi connectivity index (χ3v) is 5.24. The molecule has 84 valence electrons. The van der Waals surface area contributed by atoms with E-state index in [0.717, 1.165) is 5.69 Å². The first-order valence-corrected chi connectivity index (χ1v) is 7.56. The monoisotopic (exact) mass is 247 g/mol. The number of nitrogens with zero attached hydrogens (tertiary/aromatic N) is 1. The summed E-state index contributed by atoms with van der Waals surface area (Å²) < 4.78 is 22.5. The van der Waals surface area contributed by atoms with Gasteiger partial charge in [-0.3, -0.25) is 0 Å². The van der Waals surface area contributed by atoms with E-state index < -0.39 is 9.84 Å². The number of hydrogen-bond donors (Lipinski definition) is 1. The molecular weight excluding hydrogens is 234 g/mol. The van der Waals surface area contributed by atoms with Gasteiger partial charge in [0.25, 0.3) is 0 Å². The van der Waals surface area contributed by atoms with Crippen LogP contribution in [0.1, 0.15) is 29.5 Å². The summed E-state index contributed by atoms with van der Waals surface area (Å²) in [6.45, 7) is -0.0321. The maximum atomic E-state index is 11.2. The number of aromatic nitrogens is 1. The number of rotatable bonds is 2. The first-order chi connectivity index (χ1) is 7.11. The summed E-state index contributed by atoms with van der Waals surface area (Å²) in [4.78, 5) is 4.27. The Morgan fingerprint density at radius 1 is 1.47 bits per heavy atom. The topological polar surface area (TPSA) is 67.3 Å². The van der Waals surface area contributed by atoms with Crippen LogP contribution in [0.15, 0.2) is 5.38 Å². The molecule has 1 aliphatic heterocycles. The van der Waals surface area contributed by atoms with E-state index in [9.17, 15) is 8.42 Å². The Labute approximate surface area is 92.9 Å². The molecule has 6 heteroatoms. The zero-order chi connectivity index (χ0) is 10.9. The van der Waals surface area contributed by atoms with E-state index in [0.29, 0.717) is 17.8 Å². The van der Waals surface area contributed by atoms with Crippen molar-refractivity contribution in [2.24, 2.45) is 0 Å². The Morgan fingerprint density at radius 3 is 2.67 bits per heavy atom. The molecule has 0 bridgehead atoms. The van der Waals surface area contributed by atoms with Crippen molar-refractivity contribution in [3.05, 3.63) is 16.1 Å². The molecule has 0 spiro atoms. The normalized spacial score (nSPS) is 21.7. The van der Waals surface area contributed by atoms with Crippen LogP contribution in [0, 0.1) is 0 Å². The Kier molecular flexibility index (Phi) is 3.08. The number of aliphatic hydroxyl groups excluding tert-OH is 1. The lowest BCUT2D eigenvalue weighted by molar-refractivity contribution is 0.280. The van der Waals surface area contributed by atoms with Gasteiger partial charge in [-0.25, -0.2) is 13.4 Å². The SMILES string of the molecule is O=S1(=O)CCC(c2csc(CO)n2)CC1. The lowest BCUT2D eigenvalue weighted by Crippen LogP contribution is -2.22. The number of sulfone groups is 1. The highest BCUT2D eigenvalue weighted by Crippen LogP contribution is 2.29. The van der Waals surface area contributed by atoms with E-state index in [2.05, 4.69) is 4.98 Å². The molecular formula is C9H13NO3S2. The van der Waals surface area contributed by atoms with E-state index in [1.807, 2.05) is 5.38 Å². The fourth-order valence-corrected chi connectivity index (χ4v) is 4.00. The fraction of sp³-hybridized carbons (Fsp3) is 0.667. The van der Waals surface area contributed by atoms with Gasteiger partial charge < -0.3 is 5.11 Å². The minimum absolute atomic E-state index is 0.0321. The first-order valence-electron chi connectivity index (χ1n) is 4.86. The largest absolute Gasteiger partial charge is 0.389 e. The molecule has 0 amide bonds. The van der Waals surface area contributed by atoms with Crippen LogP contribution < -0.4 is 0 Å². The Balaban J connectivity index is 2.07.